The minimum absolute atomic E-state index is 0.494. The monoisotopic (exact) mass is 397 g/mol. The van der Waals surface area contributed by atoms with Crippen molar-refractivity contribution in [3.05, 3.63) is 54.1 Å². The molecule has 1 aliphatic carbocycles. The maximum atomic E-state index is 10.6. The van der Waals surface area contributed by atoms with E-state index in [-0.39, 0.29) is 0 Å². The van der Waals surface area contributed by atoms with E-state index in [1.165, 1.54) is 18.4 Å². The maximum absolute atomic E-state index is 10.6. The molecule has 0 saturated heterocycles. The molecule has 1 saturated carbocycles. The van der Waals surface area contributed by atoms with Gasteiger partial charge in [-0.05, 0) is 49.1 Å². The molecule has 0 atom stereocenters. The molecule has 0 spiro atoms. The van der Waals surface area contributed by atoms with Gasteiger partial charge in [0.2, 0.25) is 0 Å². The van der Waals surface area contributed by atoms with E-state index in [4.69, 9.17) is 9.84 Å². The highest BCUT2D eigenvalue weighted by atomic mass is 32.1. The number of benzene rings is 2. The Kier molecular flexibility index (Phi) is 5.73. The number of ether oxygens (including phenoxy) is 1. The Hall–Kier alpha value is -2.64. The largest absolute Gasteiger partial charge is 0.465 e. The summed E-state index contributed by atoms with van der Waals surface area (Å²) in [6.07, 6.45) is 2.32. The molecule has 6 nitrogen and oxygen atoms in total. The number of nitrogens with one attached hydrogen (secondary N) is 1. The standard InChI is InChI=1S/C21H23N3O3S/c25-20(26)22-12-3-13-24(16-8-9-16)14-15-6-10-17(11-7-15)27-21-23-18-4-1-2-5-19(18)28-21/h1-2,4-7,10-11,16,22H,3,8-9,12-14H2,(H,25,26). The number of aromatic nitrogens is 1. The van der Waals surface area contributed by atoms with Gasteiger partial charge in [0.25, 0.3) is 5.19 Å². The molecule has 2 aromatic carbocycles. The fourth-order valence-electron chi connectivity index (χ4n) is 3.20. The molecular weight excluding hydrogens is 374 g/mol. The van der Waals surface area contributed by atoms with Crippen LogP contribution in [0.5, 0.6) is 10.9 Å². The van der Waals surface area contributed by atoms with Gasteiger partial charge in [0.1, 0.15) is 5.75 Å². The highest BCUT2D eigenvalue weighted by Gasteiger charge is 2.28. The second kappa shape index (κ2) is 8.58. The molecule has 2 N–H and O–H groups in total. The SMILES string of the molecule is O=C(O)NCCCN(Cc1ccc(Oc2nc3ccccc3s2)cc1)C1CC1. The Morgan fingerprint density at radius 2 is 2.00 bits per heavy atom. The van der Waals surface area contributed by atoms with Crippen molar-refractivity contribution in [1.82, 2.24) is 15.2 Å². The molecule has 0 aliphatic heterocycles. The van der Waals surface area contributed by atoms with Crippen LogP contribution in [0.3, 0.4) is 0 Å². The zero-order valence-electron chi connectivity index (χ0n) is 15.5. The molecule has 1 aliphatic rings. The van der Waals surface area contributed by atoms with E-state index >= 15 is 0 Å². The summed E-state index contributed by atoms with van der Waals surface area (Å²) in [5.41, 5.74) is 2.19. The Morgan fingerprint density at radius 1 is 1.21 bits per heavy atom. The van der Waals surface area contributed by atoms with Gasteiger partial charge in [-0.3, -0.25) is 4.90 Å². The van der Waals surface area contributed by atoms with Crippen LogP contribution in [0.4, 0.5) is 4.79 Å². The van der Waals surface area contributed by atoms with Crippen LogP contribution < -0.4 is 10.1 Å². The lowest BCUT2D eigenvalue weighted by atomic mass is 10.2. The lowest BCUT2D eigenvalue weighted by molar-refractivity contribution is 0.192. The number of carboxylic acid groups (broad SMARTS) is 1. The van der Waals surface area contributed by atoms with Crippen LogP contribution in [-0.4, -0.2) is 40.2 Å². The van der Waals surface area contributed by atoms with Gasteiger partial charge in [0.05, 0.1) is 10.2 Å². The Balaban J connectivity index is 1.33. The van der Waals surface area contributed by atoms with E-state index in [1.807, 2.05) is 36.4 Å². The summed E-state index contributed by atoms with van der Waals surface area (Å²) >= 11 is 1.54. The van der Waals surface area contributed by atoms with Crippen LogP contribution >= 0.6 is 11.3 Å². The third kappa shape index (κ3) is 4.99. The number of nitrogens with zero attached hydrogens (tertiary/aromatic N) is 2. The summed E-state index contributed by atoms with van der Waals surface area (Å²) < 4.78 is 7.03. The average Bonchev–Trinajstić information content (AvgIpc) is 3.45. The summed E-state index contributed by atoms with van der Waals surface area (Å²) in [5.74, 6) is 0.784. The lowest BCUT2D eigenvalue weighted by Crippen LogP contribution is -2.30. The third-order valence-corrected chi connectivity index (χ3v) is 5.66. The first kappa shape index (κ1) is 18.7. The molecule has 28 heavy (non-hydrogen) atoms. The summed E-state index contributed by atoms with van der Waals surface area (Å²) in [6, 6.07) is 16.8. The number of thiazole rings is 1. The summed E-state index contributed by atoms with van der Waals surface area (Å²) in [6.45, 7) is 2.27. The van der Waals surface area contributed by atoms with Gasteiger partial charge in [-0.25, -0.2) is 9.78 Å². The molecule has 4 rings (SSSR count). The molecule has 1 aromatic heterocycles. The van der Waals surface area contributed by atoms with Gasteiger partial charge in [-0.2, -0.15) is 0 Å². The smallest absolute Gasteiger partial charge is 0.404 e. The van der Waals surface area contributed by atoms with Crippen LogP contribution in [0, 0.1) is 0 Å². The lowest BCUT2D eigenvalue weighted by Gasteiger charge is -2.22. The minimum Gasteiger partial charge on any atom is -0.465 e. The predicted molar refractivity (Wildman–Crippen MR) is 110 cm³/mol. The number of fused-ring (bicyclic) bond motifs is 1. The number of hydrogen-bond donors (Lipinski definition) is 2. The number of hydrogen-bond acceptors (Lipinski definition) is 5. The molecule has 0 radical (unpaired) electrons. The van der Waals surface area contributed by atoms with Crippen LogP contribution in [-0.2, 0) is 6.54 Å². The third-order valence-electron chi connectivity index (χ3n) is 4.75. The molecular formula is C21H23N3O3S. The Bertz CT molecular complexity index is 904. The maximum Gasteiger partial charge on any atom is 0.404 e. The molecule has 3 aromatic rings. The van der Waals surface area contributed by atoms with Gasteiger partial charge < -0.3 is 15.2 Å². The van der Waals surface area contributed by atoms with Crippen LogP contribution in [0.1, 0.15) is 24.8 Å². The number of amides is 1. The zero-order valence-corrected chi connectivity index (χ0v) is 16.3. The highest BCUT2D eigenvalue weighted by Crippen LogP contribution is 2.32. The molecule has 146 valence electrons. The highest BCUT2D eigenvalue weighted by molar-refractivity contribution is 7.20. The Labute approximate surface area is 167 Å². The number of carbonyl (C=O) groups is 1. The topological polar surface area (TPSA) is 74.7 Å². The van der Waals surface area contributed by atoms with Crippen LogP contribution in [0.25, 0.3) is 10.2 Å². The molecule has 0 bridgehead atoms. The van der Waals surface area contributed by atoms with Gasteiger partial charge in [0.15, 0.2) is 0 Å². The average molecular weight is 398 g/mol. The molecule has 1 amide bonds. The predicted octanol–water partition coefficient (Wildman–Crippen LogP) is 4.71. The van der Waals surface area contributed by atoms with Gasteiger partial charge in [-0.15, -0.1) is 0 Å². The second-order valence-corrected chi connectivity index (χ2v) is 7.97. The van der Waals surface area contributed by atoms with Crippen molar-refractivity contribution in [2.45, 2.75) is 31.8 Å². The van der Waals surface area contributed by atoms with Crippen LogP contribution in [0.2, 0.25) is 0 Å². The summed E-state index contributed by atoms with van der Waals surface area (Å²) in [5, 5.41) is 11.8. The Morgan fingerprint density at radius 3 is 2.71 bits per heavy atom. The normalized spacial score (nSPS) is 13.8. The van der Waals surface area contributed by atoms with Crippen molar-refractivity contribution in [2.24, 2.45) is 0 Å². The van der Waals surface area contributed by atoms with E-state index < -0.39 is 6.09 Å². The quantitative estimate of drug-likeness (QED) is 0.512. The molecule has 7 heteroatoms. The van der Waals surface area contributed by atoms with Gasteiger partial charge in [-0.1, -0.05) is 35.6 Å². The first-order valence-corrected chi connectivity index (χ1v) is 10.3. The van der Waals surface area contributed by atoms with E-state index in [0.29, 0.717) is 17.8 Å². The second-order valence-electron chi connectivity index (χ2n) is 6.98. The van der Waals surface area contributed by atoms with E-state index in [0.717, 1.165) is 35.5 Å². The first-order chi connectivity index (χ1) is 13.7. The zero-order chi connectivity index (χ0) is 19.3. The van der Waals surface area contributed by atoms with E-state index in [9.17, 15) is 4.79 Å². The first-order valence-electron chi connectivity index (χ1n) is 9.50. The van der Waals surface area contributed by atoms with Crippen molar-refractivity contribution < 1.29 is 14.6 Å². The summed E-state index contributed by atoms with van der Waals surface area (Å²) in [4.78, 5) is 17.5. The van der Waals surface area contributed by atoms with Crippen LogP contribution in [0.15, 0.2) is 48.5 Å². The number of rotatable bonds is 9. The van der Waals surface area contributed by atoms with Crippen molar-refractivity contribution >= 4 is 27.6 Å². The van der Waals surface area contributed by atoms with Crippen molar-refractivity contribution in [3.8, 4) is 10.9 Å². The van der Waals surface area contributed by atoms with Gasteiger partial charge in [0, 0.05) is 25.7 Å². The molecule has 1 fully saturated rings. The fraction of sp³-hybridized carbons (Fsp3) is 0.333. The minimum atomic E-state index is -0.957. The van der Waals surface area contributed by atoms with Gasteiger partial charge >= 0.3 is 6.09 Å². The van der Waals surface area contributed by atoms with E-state index in [1.54, 1.807) is 11.3 Å². The van der Waals surface area contributed by atoms with E-state index in [2.05, 4.69) is 27.3 Å². The molecule has 1 heterocycles. The number of para-hydroxylation sites is 1. The summed E-state index contributed by atoms with van der Waals surface area (Å²) in [7, 11) is 0. The molecule has 0 unspecified atom stereocenters. The van der Waals surface area contributed by atoms with Crippen molar-refractivity contribution in [2.75, 3.05) is 13.1 Å². The fourth-order valence-corrected chi connectivity index (χ4v) is 4.04. The van der Waals surface area contributed by atoms with Crippen molar-refractivity contribution in [1.29, 1.82) is 0 Å². The van der Waals surface area contributed by atoms with Crippen molar-refractivity contribution in [3.63, 3.8) is 0 Å².